The molecule has 3 aromatic rings. The van der Waals surface area contributed by atoms with Crippen LogP contribution < -0.4 is 5.32 Å². The lowest BCUT2D eigenvalue weighted by Gasteiger charge is -2.50. The van der Waals surface area contributed by atoms with Gasteiger partial charge in [-0.1, -0.05) is 61.4 Å². The third-order valence-electron chi connectivity index (χ3n) is 6.95. The molecule has 1 atom stereocenters. The molecule has 1 aromatic heterocycles. The predicted molar refractivity (Wildman–Crippen MR) is 123 cm³/mol. The Morgan fingerprint density at radius 2 is 1.62 bits per heavy atom. The molecule has 5 heteroatoms. The number of fused-ring (bicyclic) bond motifs is 1. The molecular formula is C27H27N3O2. The summed E-state index contributed by atoms with van der Waals surface area (Å²) >= 11 is 0. The minimum atomic E-state index is -0.496. The fourth-order valence-electron chi connectivity index (χ4n) is 5.45. The number of carbonyl (C=O) groups excluding carboxylic acids is 2. The Balaban J connectivity index is 1.54. The molecular weight excluding hydrogens is 398 g/mol. The molecule has 5 nitrogen and oxygen atoms in total. The van der Waals surface area contributed by atoms with E-state index in [1.165, 1.54) is 0 Å². The van der Waals surface area contributed by atoms with Crippen LogP contribution in [0.15, 0.2) is 79.1 Å². The van der Waals surface area contributed by atoms with Crippen LogP contribution in [0.4, 0.5) is 0 Å². The van der Waals surface area contributed by atoms with Crippen LogP contribution in [0, 0.1) is 0 Å². The molecule has 1 aliphatic heterocycles. The van der Waals surface area contributed by atoms with Crippen LogP contribution in [0.25, 0.3) is 0 Å². The average Bonchev–Trinajstić information content (AvgIpc) is 3.32. The predicted octanol–water partition coefficient (Wildman–Crippen LogP) is 4.45. The van der Waals surface area contributed by atoms with Crippen molar-refractivity contribution in [3.05, 3.63) is 101 Å². The number of hydrogen-bond acceptors (Lipinski definition) is 3. The number of benzene rings is 2. The monoisotopic (exact) mass is 425 g/mol. The van der Waals surface area contributed by atoms with Crippen LogP contribution in [0.2, 0.25) is 0 Å². The summed E-state index contributed by atoms with van der Waals surface area (Å²) in [6.45, 7) is 0.963. The van der Waals surface area contributed by atoms with E-state index in [4.69, 9.17) is 0 Å². The highest BCUT2D eigenvalue weighted by molar-refractivity contribution is 6.02. The van der Waals surface area contributed by atoms with Crippen LogP contribution >= 0.6 is 0 Å². The van der Waals surface area contributed by atoms with Crippen molar-refractivity contribution in [1.29, 1.82) is 0 Å². The summed E-state index contributed by atoms with van der Waals surface area (Å²) < 4.78 is 0. The maximum Gasteiger partial charge on any atom is 0.254 e. The maximum absolute atomic E-state index is 13.7. The number of rotatable bonds is 5. The van der Waals surface area contributed by atoms with Crippen LogP contribution in [0.1, 0.15) is 58.6 Å². The van der Waals surface area contributed by atoms with Gasteiger partial charge >= 0.3 is 0 Å². The van der Waals surface area contributed by atoms with Crippen molar-refractivity contribution in [1.82, 2.24) is 15.2 Å². The summed E-state index contributed by atoms with van der Waals surface area (Å²) in [6.07, 6.45) is 7.19. The molecule has 1 saturated carbocycles. The highest BCUT2D eigenvalue weighted by Gasteiger charge is 2.55. The number of pyridine rings is 1. The lowest BCUT2D eigenvalue weighted by Crippen LogP contribution is -2.60. The van der Waals surface area contributed by atoms with E-state index in [-0.39, 0.29) is 17.7 Å². The molecule has 1 spiro atoms. The molecule has 5 rings (SSSR count). The van der Waals surface area contributed by atoms with E-state index in [1.807, 2.05) is 59.5 Å². The highest BCUT2D eigenvalue weighted by Crippen LogP contribution is 2.50. The zero-order valence-electron chi connectivity index (χ0n) is 18.0. The summed E-state index contributed by atoms with van der Waals surface area (Å²) in [5, 5.41) is 3.16. The first-order valence-electron chi connectivity index (χ1n) is 11.3. The number of carbonyl (C=O) groups is 2. The number of nitrogens with zero attached hydrogens (tertiary/aromatic N) is 2. The van der Waals surface area contributed by atoms with E-state index >= 15 is 0 Å². The van der Waals surface area contributed by atoms with Gasteiger partial charge in [-0.25, -0.2) is 0 Å². The quantitative estimate of drug-likeness (QED) is 0.657. The minimum absolute atomic E-state index is 0.0123. The van der Waals surface area contributed by atoms with Crippen LogP contribution in [-0.2, 0) is 17.9 Å². The van der Waals surface area contributed by atoms with Gasteiger partial charge in [0.2, 0.25) is 5.91 Å². The standard InChI is InChI=1S/C27H27N3O2/c31-25(29-18-20-12-16-28-17-13-20)24-22-10-4-5-11-23(22)26(32)30(27(24)14-6-7-15-27)19-21-8-2-1-3-9-21/h1-5,8-13,16-17,24H,6-7,14-15,18-19H2,(H,29,31)/t24-/m1/s1. The van der Waals surface area contributed by atoms with E-state index in [0.717, 1.165) is 42.4 Å². The van der Waals surface area contributed by atoms with E-state index in [0.29, 0.717) is 18.7 Å². The van der Waals surface area contributed by atoms with Crippen LogP contribution in [0.5, 0.6) is 0 Å². The second kappa shape index (κ2) is 8.58. The van der Waals surface area contributed by atoms with Crippen molar-refractivity contribution < 1.29 is 9.59 Å². The highest BCUT2D eigenvalue weighted by atomic mass is 16.2. The number of amides is 2. The summed E-state index contributed by atoms with van der Waals surface area (Å²) in [5.74, 6) is -0.365. The second-order valence-corrected chi connectivity index (χ2v) is 8.78. The van der Waals surface area contributed by atoms with Gasteiger partial charge in [0.05, 0.1) is 11.5 Å². The molecule has 1 fully saturated rings. The Hall–Kier alpha value is -3.47. The molecule has 2 amide bonds. The van der Waals surface area contributed by atoms with Crippen molar-refractivity contribution in [3.8, 4) is 0 Å². The molecule has 1 N–H and O–H groups in total. The first-order valence-corrected chi connectivity index (χ1v) is 11.3. The van der Waals surface area contributed by atoms with Gasteiger partial charge in [0.25, 0.3) is 5.91 Å². The Morgan fingerprint density at radius 3 is 2.38 bits per heavy atom. The lowest BCUT2D eigenvalue weighted by molar-refractivity contribution is -0.126. The first kappa shape index (κ1) is 20.4. The van der Waals surface area contributed by atoms with E-state index < -0.39 is 5.54 Å². The summed E-state index contributed by atoms with van der Waals surface area (Å²) in [6, 6.07) is 21.5. The van der Waals surface area contributed by atoms with Crippen LogP contribution in [-0.4, -0.2) is 27.2 Å². The molecule has 32 heavy (non-hydrogen) atoms. The first-order chi connectivity index (χ1) is 15.7. The van der Waals surface area contributed by atoms with Gasteiger partial charge < -0.3 is 10.2 Å². The number of aromatic nitrogens is 1. The molecule has 1 aliphatic carbocycles. The lowest BCUT2D eigenvalue weighted by atomic mass is 9.71. The third-order valence-corrected chi connectivity index (χ3v) is 6.95. The Bertz CT molecular complexity index is 1110. The van der Waals surface area contributed by atoms with Crippen molar-refractivity contribution in [2.75, 3.05) is 0 Å². The Labute approximate surface area is 188 Å². The maximum atomic E-state index is 13.7. The Morgan fingerprint density at radius 1 is 0.938 bits per heavy atom. The molecule has 162 valence electrons. The topological polar surface area (TPSA) is 62.3 Å². The van der Waals surface area contributed by atoms with E-state index in [2.05, 4.69) is 22.4 Å². The van der Waals surface area contributed by atoms with Gasteiger partial charge in [0.15, 0.2) is 0 Å². The van der Waals surface area contributed by atoms with Gasteiger partial charge in [-0.3, -0.25) is 14.6 Å². The van der Waals surface area contributed by atoms with Crippen molar-refractivity contribution in [3.63, 3.8) is 0 Å². The number of hydrogen-bond donors (Lipinski definition) is 1. The normalized spacial score (nSPS) is 19.1. The molecule has 0 radical (unpaired) electrons. The summed E-state index contributed by atoms with van der Waals surface area (Å²) in [7, 11) is 0. The molecule has 2 aliphatic rings. The molecule has 0 saturated heterocycles. The van der Waals surface area contributed by atoms with Gasteiger partial charge in [0, 0.05) is 31.0 Å². The SMILES string of the molecule is O=C(NCc1ccncc1)[C@H]1c2ccccc2C(=O)N(Cc2ccccc2)C12CCCC2. The van der Waals surface area contributed by atoms with Crippen molar-refractivity contribution in [2.45, 2.75) is 50.2 Å². The minimum Gasteiger partial charge on any atom is -0.351 e. The summed E-state index contributed by atoms with van der Waals surface area (Å²) in [4.78, 5) is 33.5. The van der Waals surface area contributed by atoms with Gasteiger partial charge in [-0.15, -0.1) is 0 Å². The van der Waals surface area contributed by atoms with Gasteiger partial charge in [-0.2, -0.15) is 0 Å². The Kier molecular flexibility index (Phi) is 5.48. The fraction of sp³-hybridized carbons (Fsp3) is 0.296. The number of nitrogens with one attached hydrogen (secondary N) is 1. The average molecular weight is 426 g/mol. The fourth-order valence-corrected chi connectivity index (χ4v) is 5.45. The zero-order chi connectivity index (χ0) is 22.0. The largest absolute Gasteiger partial charge is 0.351 e. The molecule has 2 heterocycles. The second-order valence-electron chi connectivity index (χ2n) is 8.78. The molecule has 2 aromatic carbocycles. The van der Waals surface area contributed by atoms with E-state index in [9.17, 15) is 9.59 Å². The third kappa shape index (κ3) is 3.58. The smallest absolute Gasteiger partial charge is 0.254 e. The summed E-state index contributed by atoms with van der Waals surface area (Å²) in [5.41, 5.74) is 3.10. The van der Waals surface area contributed by atoms with Gasteiger partial charge in [-0.05, 0) is 47.7 Å². The van der Waals surface area contributed by atoms with Crippen LogP contribution in [0.3, 0.4) is 0 Å². The molecule has 0 bridgehead atoms. The van der Waals surface area contributed by atoms with Gasteiger partial charge in [0.1, 0.15) is 0 Å². The molecule has 0 unspecified atom stereocenters. The van der Waals surface area contributed by atoms with E-state index in [1.54, 1.807) is 12.4 Å². The van der Waals surface area contributed by atoms with Crippen molar-refractivity contribution in [2.24, 2.45) is 0 Å². The van der Waals surface area contributed by atoms with Crippen molar-refractivity contribution >= 4 is 11.8 Å². The zero-order valence-corrected chi connectivity index (χ0v) is 18.0.